The summed E-state index contributed by atoms with van der Waals surface area (Å²) in [6, 6.07) is 10.0. The number of hydrogen-bond acceptors (Lipinski definition) is 3. The van der Waals surface area contributed by atoms with Gasteiger partial charge in [-0.25, -0.2) is 0 Å². The molecule has 0 aromatic heterocycles. The Morgan fingerprint density at radius 2 is 2.00 bits per heavy atom. The van der Waals surface area contributed by atoms with Crippen molar-refractivity contribution in [3.8, 4) is 6.07 Å². The maximum absolute atomic E-state index is 12.2. The van der Waals surface area contributed by atoms with E-state index in [9.17, 15) is 4.79 Å². The van der Waals surface area contributed by atoms with E-state index in [1.54, 1.807) is 11.9 Å². The molecule has 1 atom stereocenters. The molecule has 0 saturated carbocycles. The average molecular weight is 257 g/mol. The average Bonchev–Trinajstić information content (AvgIpc) is 2.44. The van der Waals surface area contributed by atoms with Crippen molar-refractivity contribution >= 4 is 11.6 Å². The van der Waals surface area contributed by atoms with Gasteiger partial charge in [0.15, 0.2) is 0 Å². The number of likely N-dealkylation sites (N-methyl/N-ethyl adjacent to an activating group) is 1. The van der Waals surface area contributed by atoms with E-state index in [2.05, 4.69) is 25.1 Å². The second-order valence-corrected chi connectivity index (χ2v) is 4.85. The fourth-order valence-corrected chi connectivity index (χ4v) is 2.43. The van der Waals surface area contributed by atoms with Crippen molar-refractivity contribution in [2.75, 3.05) is 25.0 Å². The van der Waals surface area contributed by atoms with Crippen LogP contribution >= 0.6 is 0 Å². The van der Waals surface area contributed by atoms with Crippen LogP contribution in [0.4, 0.5) is 5.69 Å². The zero-order chi connectivity index (χ0) is 13.8. The Labute approximate surface area is 114 Å². The maximum atomic E-state index is 12.2. The quantitative estimate of drug-likeness (QED) is 0.829. The number of nitriles is 1. The Morgan fingerprint density at radius 3 is 2.58 bits per heavy atom. The fraction of sp³-hybridized carbons (Fsp3) is 0.467. The van der Waals surface area contributed by atoms with Gasteiger partial charge >= 0.3 is 0 Å². The van der Waals surface area contributed by atoms with Crippen molar-refractivity contribution in [2.24, 2.45) is 0 Å². The minimum absolute atomic E-state index is 0.0346. The number of anilines is 1. The van der Waals surface area contributed by atoms with E-state index in [-0.39, 0.29) is 18.4 Å². The third kappa shape index (κ3) is 2.70. The molecule has 0 aliphatic carbocycles. The standard InChI is InChI=1S/C15H19N3O/c1-3-12-4-6-13(7-5-12)18-11-10-17(2)15(19)14(18)8-9-16/h4-7,14H,3,8,10-11H2,1-2H3. The van der Waals surface area contributed by atoms with Crippen LogP contribution in [-0.4, -0.2) is 37.0 Å². The summed E-state index contributed by atoms with van der Waals surface area (Å²) in [6.07, 6.45) is 1.24. The van der Waals surface area contributed by atoms with E-state index in [1.807, 2.05) is 17.0 Å². The van der Waals surface area contributed by atoms with Crippen molar-refractivity contribution in [1.29, 1.82) is 5.26 Å². The van der Waals surface area contributed by atoms with Crippen molar-refractivity contribution in [3.63, 3.8) is 0 Å². The molecule has 1 fully saturated rings. The lowest BCUT2D eigenvalue weighted by atomic mass is 10.1. The number of hydrogen-bond donors (Lipinski definition) is 0. The molecule has 2 rings (SSSR count). The van der Waals surface area contributed by atoms with Crippen molar-refractivity contribution in [1.82, 2.24) is 4.90 Å². The Hall–Kier alpha value is -2.02. The molecule has 4 heteroatoms. The van der Waals surface area contributed by atoms with Gasteiger partial charge in [-0.1, -0.05) is 19.1 Å². The molecule has 1 heterocycles. The van der Waals surface area contributed by atoms with E-state index in [4.69, 9.17) is 5.26 Å². The van der Waals surface area contributed by atoms with Gasteiger partial charge in [-0.3, -0.25) is 4.79 Å². The van der Waals surface area contributed by atoms with E-state index >= 15 is 0 Å². The van der Waals surface area contributed by atoms with Crippen LogP contribution in [0, 0.1) is 11.3 Å². The van der Waals surface area contributed by atoms with Gasteiger partial charge in [0.05, 0.1) is 12.5 Å². The van der Waals surface area contributed by atoms with Gasteiger partial charge < -0.3 is 9.80 Å². The van der Waals surface area contributed by atoms with Crippen LogP contribution in [-0.2, 0) is 11.2 Å². The number of rotatable bonds is 3. The van der Waals surface area contributed by atoms with Crippen LogP contribution in [0.1, 0.15) is 18.9 Å². The SMILES string of the molecule is CCc1ccc(N2CCN(C)C(=O)C2CC#N)cc1. The number of nitrogens with zero attached hydrogens (tertiary/aromatic N) is 3. The molecule has 1 aliphatic heterocycles. The summed E-state index contributed by atoms with van der Waals surface area (Å²) in [4.78, 5) is 15.9. The van der Waals surface area contributed by atoms with E-state index < -0.39 is 0 Å². The molecule has 100 valence electrons. The third-order valence-electron chi connectivity index (χ3n) is 3.67. The van der Waals surface area contributed by atoms with E-state index in [0.29, 0.717) is 6.54 Å². The van der Waals surface area contributed by atoms with Crippen LogP contribution in [0.3, 0.4) is 0 Å². The van der Waals surface area contributed by atoms with Gasteiger partial charge in [0, 0.05) is 25.8 Å². The largest absolute Gasteiger partial charge is 0.357 e. The second-order valence-electron chi connectivity index (χ2n) is 4.85. The lowest BCUT2D eigenvalue weighted by Crippen LogP contribution is -2.55. The predicted octanol–water partition coefficient (Wildman–Crippen LogP) is 1.81. The van der Waals surface area contributed by atoms with Crippen molar-refractivity contribution in [3.05, 3.63) is 29.8 Å². The molecule has 1 unspecified atom stereocenters. The first kappa shape index (κ1) is 13.4. The highest BCUT2D eigenvalue weighted by molar-refractivity contribution is 5.86. The van der Waals surface area contributed by atoms with E-state index in [1.165, 1.54) is 5.56 Å². The first-order valence-corrected chi connectivity index (χ1v) is 6.65. The van der Waals surface area contributed by atoms with Gasteiger partial charge in [0.1, 0.15) is 6.04 Å². The van der Waals surface area contributed by atoms with Gasteiger partial charge in [-0.05, 0) is 24.1 Å². The number of benzene rings is 1. The Morgan fingerprint density at radius 1 is 1.32 bits per heavy atom. The molecular formula is C15H19N3O. The third-order valence-corrected chi connectivity index (χ3v) is 3.67. The lowest BCUT2D eigenvalue weighted by Gasteiger charge is -2.39. The highest BCUT2D eigenvalue weighted by Gasteiger charge is 2.32. The second kappa shape index (κ2) is 5.75. The highest BCUT2D eigenvalue weighted by Crippen LogP contribution is 2.23. The monoisotopic (exact) mass is 257 g/mol. The Balaban J connectivity index is 2.25. The number of carbonyl (C=O) groups excluding carboxylic acids is 1. The summed E-state index contributed by atoms with van der Waals surface area (Å²) in [5.74, 6) is 0.0346. The highest BCUT2D eigenvalue weighted by atomic mass is 16.2. The van der Waals surface area contributed by atoms with Gasteiger partial charge in [-0.2, -0.15) is 5.26 Å². The van der Waals surface area contributed by atoms with Crippen LogP contribution in [0.5, 0.6) is 0 Å². The zero-order valence-corrected chi connectivity index (χ0v) is 11.5. The lowest BCUT2D eigenvalue weighted by molar-refractivity contribution is -0.132. The Kier molecular flexibility index (Phi) is 4.06. The first-order valence-electron chi connectivity index (χ1n) is 6.65. The topological polar surface area (TPSA) is 47.3 Å². The summed E-state index contributed by atoms with van der Waals surface area (Å²) < 4.78 is 0. The Bertz CT molecular complexity index is 489. The molecule has 0 radical (unpaired) electrons. The number of piperazine rings is 1. The maximum Gasteiger partial charge on any atom is 0.246 e. The number of aryl methyl sites for hydroxylation is 1. The molecule has 0 N–H and O–H groups in total. The van der Waals surface area contributed by atoms with Gasteiger partial charge in [0.2, 0.25) is 5.91 Å². The van der Waals surface area contributed by atoms with Crippen LogP contribution < -0.4 is 4.90 Å². The van der Waals surface area contributed by atoms with Crippen molar-refractivity contribution < 1.29 is 4.79 Å². The predicted molar refractivity (Wildman–Crippen MR) is 74.8 cm³/mol. The summed E-state index contributed by atoms with van der Waals surface area (Å²) in [6.45, 7) is 3.60. The first-order chi connectivity index (χ1) is 9.17. The van der Waals surface area contributed by atoms with Crippen LogP contribution in [0.15, 0.2) is 24.3 Å². The number of carbonyl (C=O) groups is 1. The summed E-state index contributed by atoms with van der Waals surface area (Å²) in [7, 11) is 1.80. The van der Waals surface area contributed by atoms with Gasteiger partial charge in [-0.15, -0.1) is 0 Å². The molecule has 1 amide bonds. The minimum Gasteiger partial charge on any atom is -0.357 e. The normalized spacial score (nSPS) is 19.4. The smallest absolute Gasteiger partial charge is 0.246 e. The molecule has 4 nitrogen and oxygen atoms in total. The molecule has 0 spiro atoms. The molecule has 0 bridgehead atoms. The van der Waals surface area contributed by atoms with E-state index in [0.717, 1.165) is 18.7 Å². The van der Waals surface area contributed by atoms with Crippen LogP contribution in [0.2, 0.25) is 0 Å². The molecule has 1 saturated heterocycles. The fourth-order valence-electron chi connectivity index (χ4n) is 2.43. The van der Waals surface area contributed by atoms with Gasteiger partial charge in [0.25, 0.3) is 0 Å². The summed E-state index contributed by atoms with van der Waals surface area (Å²) in [5, 5.41) is 8.92. The molecular weight excluding hydrogens is 238 g/mol. The zero-order valence-electron chi connectivity index (χ0n) is 11.5. The molecule has 1 aromatic rings. The van der Waals surface area contributed by atoms with Crippen LogP contribution in [0.25, 0.3) is 0 Å². The number of amides is 1. The summed E-state index contributed by atoms with van der Waals surface area (Å²) in [5.41, 5.74) is 2.31. The molecule has 19 heavy (non-hydrogen) atoms. The molecule has 1 aromatic carbocycles. The summed E-state index contributed by atoms with van der Waals surface area (Å²) >= 11 is 0. The molecule has 1 aliphatic rings. The minimum atomic E-state index is -0.351. The van der Waals surface area contributed by atoms with Crippen molar-refractivity contribution in [2.45, 2.75) is 25.8 Å².